The number of alkyl halides is 1. The highest BCUT2D eigenvalue weighted by Crippen LogP contribution is 2.24. The van der Waals surface area contributed by atoms with E-state index in [9.17, 15) is 9.18 Å². The van der Waals surface area contributed by atoms with Crippen molar-refractivity contribution in [3.05, 3.63) is 70.5 Å². The standard InChI is InChI=1S/C16H14BrClFNO/c1-16(10-17,11-5-3-2-4-6-11)20-15(21)13-9-12(18)7-8-14(13)19/h2-9H,10H2,1H3,(H,20,21). The van der Waals surface area contributed by atoms with E-state index in [1.165, 1.54) is 18.2 Å². The molecule has 0 bridgehead atoms. The molecule has 1 unspecified atom stereocenters. The molecule has 0 fully saturated rings. The van der Waals surface area contributed by atoms with Gasteiger partial charge in [0.2, 0.25) is 0 Å². The Morgan fingerprint density at radius 3 is 2.57 bits per heavy atom. The molecular formula is C16H14BrClFNO. The second-order valence-electron chi connectivity index (χ2n) is 4.91. The molecule has 0 radical (unpaired) electrons. The van der Waals surface area contributed by atoms with Gasteiger partial charge in [-0.15, -0.1) is 0 Å². The van der Waals surface area contributed by atoms with E-state index in [0.29, 0.717) is 10.4 Å². The van der Waals surface area contributed by atoms with Crippen LogP contribution in [-0.4, -0.2) is 11.2 Å². The lowest BCUT2D eigenvalue weighted by Crippen LogP contribution is -2.45. The summed E-state index contributed by atoms with van der Waals surface area (Å²) in [7, 11) is 0. The molecule has 0 saturated carbocycles. The summed E-state index contributed by atoms with van der Waals surface area (Å²) in [6, 6.07) is 13.4. The third-order valence-corrected chi connectivity index (χ3v) is 4.60. The Kier molecular flexibility index (Phi) is 5.01. The number of benzene rings is 2. The summed E-state index contributed by atoms with van der Waals surface area (Å²) in [5.41, 5.74) is 0.218. The van der Waals surface area contributed by atoms with Crippen LogP contribution in [0.4, 0.5) is 4.39 Å². The van der Waals surface area contributed by atoms with Gasteiger partial charge in [0, 0.05) is 10.4 Å². The molecule has 5 heteroatoms. The fraction of sp³-hybridized carbons (Fsp3) is 0.188. The maximum absolute atomic E-state index is 13.8. The summed E-state index contributed by atoms with van der Waals surface area (Å²) in [5, 5.41) is 3.68. The summed E-state index contributed by atoms with van der Waals surface area (Å²) in [6.45, 7) is 1.87. The molecule has 2 aromatic rings. The molecule has 0 aliphatic heterocycles. The second-order valence-corrected chi connectivity index (χ2v) is 5.91. The quantitative estimate of drug-likeness (QED) is 0.788. The first-order valence-electron chi connectivity index (χ1n) is 6.35. The highest BCUT2D eigenvalue weighted by molar-refractivity contribution is 9.09. The Morgan fingerprint density at radius 2 is 1.95 bits per heavy atom. The zero-order chi connectivity index (χ0) is 15.5. The van der Waals surface area contributed by atoms with Crippen LogP contribution in [0.2, 0.25) is 5.02 Å². The zero-order valence-corrected chi connectivity index (χ0v) is 13.7. The van der Waals surface area contributed by atoms with E-state index >= 15 is 0 Å². The molecule has 21 heavy (non-hydrogen) atoms. The minimum absolute atomic E-state index is 0.0643. The number of hydrogen-bond donors (Lipinski definition) is 1. The number of hydrogen-bond acceptors (Lipinski definition) is 1. The van der Waals surface area contributed by atoms with Gasteiger partial charge in [0.1, 0.15) is 5.82 Å². The largest absolute Gasteiger partial charge is 0.342 e. The van der Waals surface area contributed by atoms with Crippen LogP contribution in [0.3, 0.4) is 0 Å². The molecule has 2 nitrogen and oxygen atoms in total. The van der Waals surface area contributed by atoms with Crippen molar-refractivity contribution in [1.82, 2.24) is 5.32 Å². The fourth-order valence-electron chi connectivity index (χ4n) is 1.98. The van der Waals surface area contributed by atoms with Crippen molar-refractivity contribution in [2.45, 2.75) is 12.5 Å². The number of carbonyl (C=O) groups excluding carboxylic acids is 1. The van der Waals surface area contributed by atoms with Crippen LogP contribution in [0.15, 0.2) is 48.5 Å². The highest BCUT2D eigenvalue weighted by atomic mass is 79.9. The van der Waals surface area contributed by atoms with Gasteiger partial charge in [-0.3, -0.25) is 4.79 Å². The van der Waals surface area contributed by atoms with Gasteiger partial charge in [-0.05, 0) is 30.7 Å². The lowest BCUT2D eigenvalue weighted by Gasteiger charge is -2.29. The summed E-state index contributed by atoms with van der Waals surface area (Å²) >= 11 is 9.24. The molecule has 110 valence electrons. The van der Waals surface area contributed by atoms with Crippen molar-refractivity contribution >= 4 is 33.4 Å². The van der Waals surface area contributed by atoms with Crippen molar-refractivity contribution in [3.8, 4) is 0 Å². The average molecular weight is 371 g/mol. The van der Waals surface area contributed by atoms with E-state index in [0.717, 1.165) is 5.56 Å². The molecule has 0 aliphatic carbocycles. The minimum atomic E-state index is -0.646. The number of rotatable bonds is 4. The summed E-state index contributed by atoms with van der Waals surface area (Å²) < 4.78 is 13.8. The molecule has 0 heterocycles. The van der Waals surface area contributed by atoms with Crippen LogP contribution in [0.5, 0.6) is 0 Å². The smallest absolute Gasteiger partial charge is 0.255 e. The van der Waals surface area contributed by atoms with E-state index in [4.69, 9.17) is 11.6 Å². The van der Waals surface area contributed by atoms with Gasteiger partial charge in [-0.1, -0.05) is 57.9 Å². The van der Waals surface area contributed by atoms with Gasteiger partial charge in [-0.2, -0.15) is 0 Å². The van der Waals surface area contributed by atoms with Gasteiger partial charge in [0.25, 0.3) is 5.91 Å². The summed E-state index contributed by atoms with van der Waals surface area (Å²) in [6.07, 6.45) is 0. The van der Waals surface area contributed by atoms with Crippen LogP contribution >= 0.6 is 27.5 Å². The number of carbonyl (C=O) groups is 1. The molecule has 1 atom stereocenters. The Hall–Kier alpha value is -1.39. The van der Waals surface area contributed by atoms with E-state index in [1.54, 1.807) is 0 Å². The highest BCUT2D eigenvalue weighted by Gasteiger charge is 2.28. The molecule has 2 aromatic carbocycles. The van der Waals surface area contributed by atoms with Crippen molar-refractivity contribution < 1.29 is 9.18 Å². The maximum Gasteiger partial charge on any atom is 0.255 e. The monoisotopic (exact) mass is 369 g/mol. The predicted molar refractivity (Wildman–Crippen MR) is 86.5 cm³/mol. The number of nitrogens with one attached hydrogen (secondary N) is 1. The first-order valence-corrected chi connectivity index (χ1v) is 7.85. The Balaban J connectivity index is 2.30. The minimum Gasteiger partial charge on any atom is -0.342 e. The van der Waals surface area contributed by atoms with Crippen LogP contribution in [0.1, 0.15) is 22.8 Å². The van der Waals surface area contributed by atoms with Crippen LogP contribution in [0, 0.1) is 5.82 Å². The predicted octanol–water partition coefficient (Wildman–Crippen LogP) is 4.52. The lowest BCUT2D eigenvalue weighted by atomic mass is 9.94. The Morgan fingerprint density at radius 1 is 1.29 bits per heavy atom. The SMILES string of the molecule is CC(CBr)(NC(=O)c1cc(Cl)ccc1F)c1ccccc1. The normalized spacial score (nSPS) is 13.5. The molecule has 0 aromatic heterocycles. The van der Waals surface area contributed by atoms with Crippen molar-refractivity contribution in [1.29, 1.82) is 0 Å². The van der Waals surface area contributed by atoms with Crippen LogP contribution < -0.4 is 5.32 Å². The molecule has 0 saturated heterocycles. The first-order chi connectivity index (χ1) is 9.96. The van der Waals surface area contributed by atoms with Crippen LogP contribution in [0.25, 0.3) is 0 Å². The number of halogens is 3. The Labute approximate surface area is 136 Å². The van der Waals surface area contributed by atoms with Gasteiger partial charge in [0.05, 0.1) is 11.1 Å². The third kappa shape index (κ3) is 3.63. The van der Waals surface area contributed by atoms with Gasteiger partial charge in [0.15, 0.2) is 0 Å². The lowest BCUT2D eigenvalue weighted by molar-refractivity contribution is 0.0910. The number of amides is 1. The molecule has 1 N–H and O–H groups in total. The van der Waals surface area contributed by atoms with E-state index in [-0.39, 0.29) is 5.56 Å². The van der Waals surface area contributed by atoms with Crippen molar-refractivity contribution in [2.75, 3.05) is 5.33 Å². The van der Waals surface area contributed by atoms with E-state index in [2.05, 4.69) is 21.2 Å². The van der Waals surface area contributed by atoms with Crippen molar-refractivity contribution in [3.63, 3.8) is 0 Å². The van der Waals surface area contributed by atoms with Gasteiger partial charge >= 0.3 is 0 Å². The molecule has 2 rings (SSSR count). The molecule has 0 aliphatic rings. The van der Waals surface area contributed by atoms with Crippen LogP contribution in [-0.2, 0) is 5.54 Å². The van der Waals surface area contributed by atoms with E-state index < -0.39 is 17.3 Å². The molecule has 1 amide bonds. The average Bonchev–Trinajstić information content (AvgIpc) is 2.50. The van der Waals surface area contributed by atoms with Gasteiger partial charge < -0.3 is 5.32 Å². The van der Waals surface area contributed by atoms with Crippen molar-refractivity contribution in [2.24, 2.45) is 0 Å². The maximum atomic E-state index is 13.8. The molecule has 0 spiro atoms. The first kappa shape index (κ1) is 16.0. The van der Waals surface area contributed by atoms with E-state index in [1.807, 2.05) is 37.3 Å². The Bertz CT molecular complexity index is 650. The van der Waals surface area contributed by atoms with Gasteiger partial charge in [-0.25, -0.2) is 4.39 Å². The summed E-state index contributed by atoms with van der Waals surface area (Å²) in [5.74, 6) is -1.09. The zero-order valence-electron chi connectivity index (χ0n) is 11.4. The molecular weight excluding hydrogens is 357 g/mol. The second kappa shape index (κ2) is 6.58. The fourth-order valence-corrected chi connectivity index (χ4v) is 2.61. The summed E-state index contributed by atoms with van der Waals surface area (Å²) in [4.78, 5) is 12.3. The topological polar surface area (TPSA) is 29.1 Å². The third-order valence-electron chi connectivity index (χ3n) is 3.24.